The van der Waals surface area contributed by atoms with E-state index in [1.54, 1.807) is 0 Å². The maximum absolute atomic E-state index is 10.7. The molecule has 16 heavy (non-hydrogen) atoms. The van der Waals surface area contributed by atoms with Crippen LogP contribution in [0.2, 0.25) is 0 Å². The molecule has 0 aliphatic rings. The highest BCUT2D eigenvalue weighted by atomic mass is 32.2. The van der Waals surface area contributed by atoms with Crippen LogP contribution in [0.4, 0.5) is 0 Å². The van der Waals surface area contributed by atoms with Crippen LogP contribution in [-0.4, -0.2) is 25.3 Å². The Morgan fingerprint density at radius 1 is 1.50 bits per heavy atom. The molecule has 0 spiro atoms. The minimum atomic E-state index is -3.31. The fourth-order valence-electron chi connectivity index (χ4n) is 1.42. The van der Waals surface area contributed by atoms with Crippen LogP contribution in [0, 0.1) is 0 Å². The van der Waals surface area contributed by atoms with Crippen molar-refractivity contribution in [2.75, 3.05) is 12.3 Å². The predicted octanol–water partition coefficient (Wildman–Crippen LogP) is 0.276. The van der Waals surface area contributed by atoms with Crippen molar-refractivity contribution < 1.29 is 8.42 Å². The van der Waals surface area contributed by atoms with E-state index < -0.39 is 10.0 Å². The van der Waals surface area contributed by atoms with Gasteiger partial charge in [-0.2, -0.15) is 0 Å². The van der Waals surface area contributed by atoms with Crippen LogP contribution in [0.15, 0.2) is 18.5 Å². The largest absolute Gasteiger partial charge is 0.354 e. The number of sulfonamides is 1. The van der Waals surface area contributed by atoms with Gasteiger partial charge in [0.05, 0.1) is 5.75 Å². The number of hydrogen-bond acceptors (Lipinski definition) is 3. The molecule has 1 rings (SSSR count). The fourth-order valence-corrected chi connectivity index (χ4v) is 1.97. The first-order valence-electron chi connectivity index (χ1n) is 5.37. The maximum Gasteiger partial charge on any atom is 0.209 e. The van der Waals surface area contributed by atoms with Crippen molar-refractivity contribution in [3.05, 3.63) is 24.0 Å². The van der Waals surface area contributed by atoms with Gasteiger partial charge in [-0.25, -0.2) is 13.6 Å². The molecule has 0 aliphatic heterocycles. The van der Waals surface area contributed by atoms with Crippen LogP contribution in [0.3, 0.4) is 0 Å². The third kappa shape index (κ3) is 5.29. The molecule has 0 atom stereocenters. The van der Waals surface area contributed by atoms with E-state index >= 15 is 0 Å². The zero-order valence-corrected chi connectivity index (χ0v) is 10.3. The Kier molecular flexibility index (Phi) is 4.98. The molecule has 0 saturated carbocycles. The minimum absolute atomic E-state index is 0.0377. The first-order valence-corrected chi connectivity index (χ1v) is 7.08. The zero-order chi connectivity index (χ0) is 12.0. The van der Waals surface area contributed by atoms with E-state index in [2.05, 4.69) is 29.1 Å². The molecule has 6 heteroatoms. The lowest BCUT2D eigenvalue weighted by atomic mass is 10.3. The molecule has 1 aromatic heterocycles. The molecule has 0 aromatic carbocycles. The smallest absolute Gasteiger partial charge is 0.209 e. The second-order valence-electron chi connectivity index (χ2n) is 3.75. The molecule has 1 heterocycles. The number of aromatic nitrogens is 1. The molecule has 0 saturated heterocycles. The molecule has 92 valence electrons. The van der Waals surface area contributed by atoms with E-state index in [9.17, 15) is 8.42 Å². The van der Waals surface area contributed by atoms with Crippen molar-refractivity contribution in [3.8, 4) is 0 Å². The monoisotopic (exact) mass is 245 g/mol. The van der Waals surface area contributed by atoms with E-state index in [4.69, 9.17) is 5.14 Å². The van der Waals surface area contributed by atoms with Crippen molar-refractivity contribution in [3.63, 3.8) is 0 Å². The second kappa shape index (κ2) is 6.03. The molecule has 0 aliphatic carbocycles. The van der Waals surface area contributed by atoms with Crippen LogP contribution in [0.1, 0.15) is 18.9 Å². The van der Waals surface area contributed by atoms with Crippen molar-refractivity contribution in [2.45, 2.75) is 26.4 Å². The highest BCUT2D eigenvalue weighted by Gasteiger charge is 2.01. The van der Waals surface area contributed by atoms with Gasteiger partial charge in [-0.3, -0.25) is 0 Å². The Labute approximate surface area is 96.7 Å². The van der Waals surface area contributed by atoms with Gasteiger partial charge in [0, 0.05) is 25.5 Å². The lowest BCUT2D eigenvalue weighted by Gasteiger charge is -2.02. The van der Waals surface area contributed by atoms with E-state index in [0.717, 1.165) is 13.1 Å². The normalized spacial score (nSPS) is 11.9. The average Bonchev–Trinajstić information content (AvgIpc) is 2.63. The van der Waals surface area contributed by atoms with Gasteiger partial charge in [0.15, 0.2) is 0 Å². The molecule has 5 nitrogen and oxygen atoms in total. The Morgan fingerprint density at radius 2 is 2.25 bits per heavy atom. The predicted molar refractivity (Wildman–Crippen MR) is 64.4 cm³/mol. The lowest BCUT2D eigenvalue weighted by Crippen LogP contribution is -2.21. The summed E-state index contributed by atoms with van der Waals surface area (Å²) in [6, 6.07) is 2.05. The van der Waals surface area contributed by atoms with Crippen LogP contribution in [0.5, 0.6) is 0 Å². The summed E-state index contributed by atoms with van der Waals surface area (Å²) >= 11 is 0. The number of primary sulfonamides is 1. The summed E-state index contributed by atoms with van der Waals surface area (Å²) in [6.45, 7) is 4.47. The summed E-state index contributed by atoms with van der Waals surface area (Å²) in [4.78, 5) is 0. The van der Waals surface area contributed by atoms with Crippen LogP contribution in [-0.2, 0) is 23.1 Å². The number of nitrogens with zero attached hydrogens (tertiary/aromatic N) is 1. The summed E-state index contributed by atoms with van der Waals surface area (Å²) < 4.78 is 23.4. The minimum Gasteiger partial charge on any atom is -0.354 e. The maximum atomic E-state index is 10.7. The van der Waals surface area contributed by atoms with Gasteiger partial charge in [0.25, 0.3) is 0 Å². The molecule has 0 bridgehead atoms. The summed E-state index contributed by atoms with van der Waals surface area (Å²) in [5, 5.41) is 8.07. The van der Waals surface area contributed by atoms with Crippen molar-refractivity contribution >= 4 is 10.0 Å². The molecular formula is C10H19N3O2S. The summed E-state index contributed by atoms with van der Waals surface area (Å²) in [7, 11) is -3.31. The van der Waals surface area contributed by atoms with Gasteiger partial charge >= 0.3 is 0 Å². The number of nitrogens with one attached hydrogen (secondary N) is 1. The molecule has 3 N–H and O–H groups in total. The molecule has 1 aromatic rings. The number of nitrogens with two attached hydrogens (primary N) is 1. The highest BCUT2D eigenvalue weighted by Crippen LogP contribution is 2.00. The standard InChI is InChI=1S/C10H19N3O2S/c1-2-13-6-4-10(9-13)8-12-5-3-7-16(11,14)15/h4,6,9,12H,2-3,5,7-8H2,1H3,(H2,11,14,15). The van der Waals surface area contributed by atoms with E-state index in [0.29, 0.717) is 13.0 Å². The van der Waals surface area contributed by atoms with Gasteiger partial charge in [-0.15, -0.1) is 0 Å². The van der Waals surface area contributed by atoms with Gasteiger partial charge in [0.2, 0.25) is 10.0 Å². The fraction of sp³-hybridized carbons (Fsp3) is 0.600. The van der Waals surface area contributed by atoms with Gasteiger partial charge < -0.3 is 9.88 Å². The van der Waals surface area contributed by atoms with E-state index in [1.165, 1.54) is 5.56 Å². The Morgan fingerprint density at radius 3 is 2.81 bits per heavy atom. The number of hydrogen-bond donors (Lipinski definition) is 2. The van der Waals surface area contributed by atoms with Crippen molar-refractivity contribution in [2.24, 2.45) is 5.14 Å². The van der Waals surface area contributed by atoms with Crippen LogP contribution in [0.25, 0.3) is 0 Å². The van der Waals surface area contributed by atoms with Crippen LogP contribution >= 0.6 is 0 Å². The first-order chi connectivity index (χ1) is 7.51. The van der Waals surface area contributed by atoms with Gasteiger partial charge in [-0.1, -0.05) is 0 Å². The third-order valence-corrected chi connectivity index (χ3v) is 3.15. The summed E-state index contributed by atoms with van der Waals surface area (Å²) in [6.07, 6.45) is 4.65. The van der Waals surface area contributed by atoms with Crippen molar-refractivity contribution in [1.29, 1.82) is 0 Å². The first kappa shape index (κ1) is 13.2. The Hall–Kier alpha value is -0.850. The third-order valence-electron chi connectivity index (χ3n) is 2.29. The topological polar surface area (TPSA) is 77.1 Å². The molecule has 0 radical (unpaired) electrons. The quantitative estimate of drug-likeness (QED) is 0.677. The molecule has 0 fully saturated rings. The van der Waals surface area contributed by atoms with Crippen LogP contribution < -0.4 is 10.5 Å². The molecule has 0 unspecified atom stereocenters. The molecule has 0 amide bonds. The van der Waals surface area contributed by atoms with E-state index in [-0.39, 0.29) is 5.75 Å². The number of rotatable bonds is 7. The lowest BCUT2D eigenvalue weighted by molar-refractivity contribution is 0.590. The Balaban J connectivity index is 2.16. The zero-order valence-electron chi connectivity index (χ0n) is 9.52. The summed E-state index contributed by atoms with van der Waals surface area (Å²) in [5.74, 6) is 0.0377. The SMILES string of the molecule is CCn1ccc(CNCCCS(N)(=O)=O)c1. The van der Waals surface area contributed by atoms with Gasteiger partial charge in [-0.05, 0) is 31.5 Å². The second-order valence-corrected chi connectivity index (χ2v) is 5.48. The average molecular weight is 245 g/mol. The summed E-state index contributed by atoms with van der Waals surface area (Å²) in [5.41, 5.74) is 1.21. The molecular weight excluding hydrogens is 226 g/mol. The number of aryl methyl sites for hydroxylation is 1. The van der Waals surface area contributed by atoms with E-state index in [1.807, 2.05) is 6.20 Å². The highest BCUT2D eigenvalue weighted by molar-refractivity contribution is 7.89. The van der Waals surface area contributed by atoms with Crippen molar-refractivity contribution in [1.82, 2.24) is 9.88 Å². The van der Waals surface area contributed by atoms with Gasteiger partial charge in [0.1, 0.15) is 0 Å². The Bertz CT molecular complexity index is 411.